The first-order chi connectivity index (χ1) is 27.5. The van der Waals surface area contributed by atoms with E-state index in [1.54, 1.807) is 0 Å². The van der Waals surface area contributed by atoms with Crippen LogP contribution in [0, 0.1) is 0 Å². The third-order valence-electron chi connectivity index (χ3n) is 10.9. The lowest BCUT2D eigenvalue weighted by Crippen LogP contribution is -2.60. The maximum absolute atomic E-state index is 12.8. The fourth-order valence-electron chi connectivity index (χ4n) is 7.33. The molecule has 6 atom stereocenters. The van der Waals surface area contributed by atoms with Gasteiger partial charge in [0.15, 0.2) is 12.4 Å². The summed E-state index contributed by atoms with van der Waals surface area (Å²) >= 11 is 0. The van der Waals surface area contributed by atoms with E-state index >= 15 is 0 Å². The number of ether oxygens (including phenoxy) is 4. The number of unbranched alkanes of at least 4 members (excludes halogenated alkanes) is 27. The van der Waals surface area contributed by atoms with Gasteiger partial charge in [-0.2, -0.15) is 8.42 Å². The molecule has 1 aliphatic rings. The molecule has 1 heterocycles. The number of rotatable bonds is 39. The minimum atomic E-state index is -4.59. The fourth-order valence-corrected chi connectivity index (χ4v) is 8.02. The molecule has 4 N–H and O–H groups in total. The number of hydrogen-bond acceptors (Lipinski definition) is 11. The van der Waals surface area contributed by atoms with Crippen LogP contribution < -0.4 is 0 Å². The summed E-state index contributed by atoms with van der Waals surface area (Å²) < 4.78 is 54.0. The molecule has 12 nitrogen and oxygen atoms in total. The van der Waals surface area contributed by atoms with Crippen LogP contribution in [-0.4, -0.2) is 96.0 Å². The van der Waals surface area contributed by atoms with E-state index in [4.69, 9.17) is 18.9 Å². The average molecular weight is 837 g/mol. The van der Waals surface area contributed by atoms with E-state index in [0.29, 0.717) is 12.8 Å². The molecule has 1 aliphatic heterocycles. The quantitative estimate of drug-likeness (QED) is 0.0262. The number of carbonyl (C=O) groups is 2. The number of aliphatic hydroxyl groups is 3. The maximum Gasteiger partial charge on any atom is 0.306 e. The second-order valence-corrected chi connectivity index (χ2v) is 17.9. The van der Waals surface area contributed by atoms with Crippen LogP contribution in [-0.2, 0) is 38.7 Å². The first-order valence-corrected chi connectivity index (χ1v) is 24.7. The number of hydrogen-bond donors (Lipinski definition) is 4. The van der Waals surface area contributed by atoms with Crippen molar-refractivity contribution in [2.75, 3.05) is 19.0 Å². The lowest BCUT2D eigenvalue weighted by molar-refractivity contribution is -0.297. The van der Waals surface area contributed by atoms with Gasteiger partial charge in [-0.05, 0) is 12.8 Å². The molecule has 338 valence electrons. The van der Waals surface area contributed by atoms with Gasteiger partial charge in [0, 0.05) is 12.8 Å². The summed E-state index contributed by atoms with van der Waals surface area (Å²) in [6.07, 6.45) is 25.9. The highest BCUT2D eigenvalue weighted by atomic mass is 32.2. The Balaban J connectivity index is 2.36. The van der Waals surface area contributed by atoms with E-state index in [2.05, 4.69) is 13.8 Å². The van der Waals surface area contributed by atoms with Gasteiger partial charge in [-0.1, -0.05) is 187 Å². The molecular weight excluding hydrogens is 753 g/mol. The van der Waals surface area contributed by atoms with Crippen LogP contribution in [0.3, 0.4) is 0 Å². The summed E-state index contributed by atoms with van der Waals surface area (Å²) in [5, 5.41) is 30.8. The highest BCUT2D eigenvalue weighted by Gasteiger charge is 2.46. The van der Waals surface area contributed by atoms with Gasteiger partial charge in [-0.25, -0.2) is 0 Å². The zero-order chi connectivity index (χ0) is 42.0. The van der Waals surface area contributed by atoms with Crippen LogP contribution in [0.4, 0.5) is 0 Å². The third-order valence-corrected chi connectivity index (χ3v) is 11.7. The molecule has 0 radical (unpaired) electrons. The lowest BCUT2D eigenvalue weighted by atomic mass is 10.00. The summed E-state index contributed by atoms with van der Waals surface area (Å²) in [7, 11) is -4.59. The molecule has 0 aromatic heterocycles. The van der Waals surface area contributed by atoms with Gasteiger partial charge < -0.3 is 34.3 Å². The van der Waals surface area contributed by atoms with Crippen LogP contribution in [0.15, 0.2) is 0 Å². The topological polar surface area (TPSA) is 186 Å². The first-order valence-electron chi connectivity index (χ1n) is 23.1. The number of aliphatic hydroxyl groups excluding tert-OH is 3. The van der Waals surface area contributed by atoms with Crippen LogP contribution in [0.5, 0.6) is 0 Å². The molecule has 0 amide bonds. The first kappa shape index (κ1) is 53.7. The standard InChI is InChI=1S/C44H84O12S/c1-3-5-7-9-11-13-14-15-16-17-18-19-20-21-22-23-25-27-29-31-33-40(46)55-37(34-53-39(45)32-30-28-26-24-12-10-8-6-4-2)35-54-44-43(49)42(48)41(47)38(56-44)36-57(50,51)52/h37-38,41-44,47-49H,3-36H2,1-2H3,(H,50,51,52). The van der Waals surface area contributed by atoms with E-state index in [9.17, 15) is 37.9 Å². The van der Waals surface area contributed by atoms with E-state index in [-0.39, 0.29) is 19.4 Å². The van der Waals surface area contributed by atoms with E-state index < -0.39 is 71.2 Å². The monoisotopic (exact) mass is 837 g/mol. The van der Waals surface area contributed by atoms with Gasteiger partial charge in [0.05, 0.1) is 6.61 Å². The largest absolute Gasteiger partial charge is 0.462 e. The van der Waals surface area contributed by atoms with Gasteiger partial charge in [-0.15, -0.1) is 0 Å². The molecule has 1 saturated heterocycles. The Kier molecular flexibility index (Phi) is 33.3. The van der Waals surface area contributed by atoms with Crippen molar-refractivity contribution >= 4 is 22.1 Å². The Morgan fingerprint density at radius 1 is 0.526 bits per heavy atom. The summed E-state index contributed by atoms with van der Waals surface area (Å²) in [6, 6.07) is 0. The van der Waals surface area contributed by atoms with Crippen LogP contribution >= 0.6 is 0 Å². The highest BCUT2D eigenvalue weighted by molar-refractivity contribution is 7.85. The molecule has 0 aliphatic carbocycles. The minimum Gasteiger partial charge on any atom is -0.462 e. The SMILES string of the molecule is CCCCCCCCCCCCCCCCCCCCCCC(=O)OC(COC(=O)CCCCCCCCCCC)COC1OC(CS(=O)(=O)O)C(O)C(O)C1O. The second kappa shape index (κ2) is 35.4. The molecule has 13 heteroatoms. The normalized spacial score (nSPS) is 20.4. The lowest BCUT2D eigenvalue weighted by Gasteiger charge is -2.40. The molecule has 1 rings (SSSR count). The fraction of sp³-hybridized carbons (Fsp3) is 0.955. The van der Waals surface area contributed by atoms with Gasteiger partial charge in [0.2, 0.25) is 0 Å². The van der Waals surface area contributed by atoms with Crippen molar-refractivity contribution < 1.29 is 56.8 Å². The van der Waals surface area contributed by atoms with Gasteiger partial charge >= 0.3 is 11.9 Å². The third kappa shape index (κ3) is 30.4. The number of carbonyl (C=O) groups excluding carboxylic acids is 2. The molecular formula is C44H84O12S. The Hall–Kier alpha value is -1.35. The molecule has 57 heavy (non-hydrogen) atoms. The van der Waals surface area contributed by atoms with E-state index in [1.807, 2.05) is 0 Å². The van der Waals surface area contributed by atoms with Gasteiger partial charge in [0.25, 0.3) is 10.1 Å². The van der Waals surface area contributed by atoms with Crippen molar-refractivity contribution in [3.63, 3.8) is 0 Å². The Morgan fingerprint density at radius 2 is 0.895 bits per heavy atom. The molecule has 0 aromatic carbocycles. The molecule has 0 bridgehead atoms. The summed E-state index contributed by atoms with van der Waals surface area (Å²) in [6.45, 7) is 3.75. The Labute approximate surface area is 346 Å². The summed E-state index contributed by atoms with van der Waals surface area (Å²) in [5.74, 6) is -1.97. The molecule has 0 aromatic rings. The molecule has 6 unspecified atom stereocenters. The van der Waals surface area contributed by atoms with Crippen molar-refractivity contribution in [1.29, 1.82) is 0 Å². The minimum absolute atomic E-state index is 0.172. The summed E-state index contributed by atoms with van der Waals surface area (Å²) in [5.41, 5.74) is 0. The van der Waals surface area contributed by atoms with E-state index in [0.717, 1.165) is 38.5 Å². The number of esters is 2. The van der Waals surface area contributed by atoms with Gasteiger partial charge in [-0.3, -0.25) is 14.1 Å². The van der Waals surface area contributed by atoms with Crippen LogP contribution in [0.1, 0.15) is 213 Å². The zero-order valence-electron chi connectivity index (χ0n) is 36.0. The molecule has 0 saturated carbocycles. The Bertz CT molecular complexity index is 1070. The molecule has 1 fully saturated rings. The van der Waals surface area contributed by atoms with Gasteiger partial charge in [0.1, 0.15) is 36.8 Å². The van der Waals surface area contributed by atoms with Crippen molar-refractivity contribution in [2.45, 2.75) is 250 Å². The van der Waals surface area contributed by atoms with E-state index in [1.165, 1.54) is 135 Å². The summed E-state index contributed by atoms with van der Waals surface area (Å²) in [4.78, 5) is 25.3. The Morgan fingerprint density at radius 3 is 1.28 bits per heavy atom. The average Bonchev–Trinajstić information content (AvgIpc) is 3.17. The second-order valence-electron chi connectivity index (χ2n) is 16.4. The van der Waals surface area contributed by atoms with Crippen molar-refractivity contribution in [3.8, 4) is 0 Å². The predicted octanol–water partition coefficient (Wildman–Crippen LogP) is 9.29. The maximum atomic E-state index is 12.8. The highest BCUT2D eigenvalue weighted by Crippen LogP contribution is 2.24. The zero-order valence-corrected chi connectivity index (χ0v) is 36.8. The van der Waals surface area contributed by atoms with Crippen LogP contribution in [0.2, 0.25) is 0 Å². The smallest absolute Gasteiger partial charge is 0.306 e. The molecule has 0 spiro atoms. The van der Waals surface area contributed by atoms with Crippen molar-refractivity contribution in [1.82, 2.24) is 0 Å². The van der Waals surface area contributed by atoms with Crippen LogP contribution in [0.25, 0.3) is 0 Å². The van der Waals surface area contributed by atoms with Crippen molar-refractivity contribution in [3.05, 3.63) is 0 Å². The van der Waals surface area contributed by atoms with Crippen molar-refractivity contribution in [2.24, 2.45) is 0 Å². The predicted molar refractivity (Wildman–Crippen MR) is 224 cm³/mol.